The Morgan fingerprint density at radius 2 is 1.90 bits per heavy atom. The molecular weight excluding hydrogens is 567 g/mol. The highest BCUT2D eigenvalue weighted by molar-refractivity contribution is 7.18. The molecule has 1 aromatic carbocycles. The summed E-state index contributed by atoms with van der Waals surface area (Å²) in [4.78, 5) is 30.0. The number of rotatable bonds is 6. The van der Waals surface area contributed by atoms with Gasteiger partial charge in [0.05, 0.1) is 46.4 Å². The molecule has 1 aliphatic rings. The zero-order chi connectivity index (χ0) is 28.1. The smallest absolute Gasteiger partial charge is 0.416 e. The van der Waals surface area contributed by atoms with Crippen molar-refractivity contribution in [1.82, 2.24) is 14.8 Å². The van der Waals surface area contributed by atoms with E-state index >= 15 is 0 Å². The van der Waals surface area contributed by atoms with Crippen LogP contribution in [0.15, 0.2) is 33.8 Å². The van der Waals surface area contributed by atoms with Crippen LogP contribution in [0.1, 0.15) is 16.3 Å². The first-order chi connectivity index (χ1) is 18.5. The number of fused-ring (bicyclic) bond motifs is 2. The summed E-state index contributed by atoms with van der Waals surface area (Å²) in [5.41, 5.74) is -1.09. The quantitative estimate of drug-likeness (QED) is 0.240. The van der Waals surface area contributed by atoms with E-state index in [2.05, 4.69) is 10.1 Å². The van der Waals surface area contributed by atoms with Crippen molar-refractivity contribution in [3.05, 3.63) is 55.6 Å². The van der Waals surface area contributed by atoms with Gasteiger partial charge in [-0.1, -0.05) is 0 Å². The highest BCUT2D eigenvalue weighted by Crippen LogP contribution is 2.33. The summed E-state index contributed by atoms with van der Waals surface area (Å²) in [6.45, 7) is -0.876. The molecule has 4 heterocycles. The van der Waals surface area contributed by atoms with E-state index in [-0.39, 0.29) is 23.1 Å². The Balaban J connectivity index is 1.41. The van der Waals surface area contributed by atoms with Crippen molar-refractivity contribution in [3.8, 4) is 0 Å². The predicted octanol–water partition coefficient (Wildman–Crippen LogP) is 1.02. The molecule has 0 saturated carbocycles. The Morgan fingerprint density at radius 1 is 1.15 bits per heavy atom. The number of aromatic nitrogens is 3. The Hall–Kier alpha value is -2.99. The molecule has 0 amide bonds. The number of hydrogen-bond acceptors (Lipinski definition) is 12. The van der Waals surface area contributed by atoms with E-state index in [9.17, 15) is 43.2 Å². The van der Waals surface area contributed by atoms with Crippen molar-refractivity contribution in [3.63, 3.8) is 0 Å². The van der Waals surface area contributed by atoms with Gasteiger partial charge >= 0.3 is 12.1 Å². The molecule has 1 saturated heterocycles. The molecule has 1 aliphatic heterocycles. The molecular formula is C23H20F3N3O8S2. The van der Waals surface area contributed by atoms with Crippen molar-refractivity contribution in [2.45, 2.75) is 49.8 Å². The Bertz CT molecular complexity index is 1590. The zero-order valence-corrected chi connectivity index (χ0v) is 21.2. The summed E-state index contributed by atoms with van der Waals surface area (Å²) < 4.78 is 50.8. The molecule has 11 nitrogen and oxygen atoms in total. The van der Waals surface area contributed by atoms with E-state index in [0.29, 0.717) is 15.1 Å². The lowest BCUT2D eigenvalue weighted by Gasteiger charge is -2.39. The molecule has 0 aliphatic carbocycles. The first-order valence-corrected chi connectivity index (χ1v) is 13.1. The van der Waals surface area contributed by atoms with E-state index in [1.54, 1.807) is 10.8 Å². The summed E-state index contributed by atoms with van der Waals surface area (Å²) in [5, 5.41) is 47.9. The van der Waals surface area contributed by atoms with Crippen molar-refractivity contribution in [1.29, 1.82) is 0 Å². The van der Waals surface area contributed by atoms with Crippen molar-refractivity contribution < 1.29 is 47.9 Å². The molecule has 3 aromatic heterocycles. The Kier molecular flexibility index (Phi) is 7.45. The second-order valence-electron chi connectivity index (χ2n) is 8.76. The molecule has 4 N–H and O–H groups in total. The summed E-state index contributed by atoms with van der Waals surface area (Å²) in [5.74, 6) is -0.950. The molecule has 0 unspecified atom stereocenters. The van der Waals surface area contributed by atoms with E-state index in [4.69, 9.17) is 9.47 Å². The van der Waals surface area contributed by atoms with E-state index in [1.807, 2.05) is 0 Å². The first kappa shape index (κ1) is 27.6. The van der Waals surface area contributed by atoms with Crippen LogP contribution in [0.5, 0.6) is 0 Å². The van der Waals surface area contributed by atoms with Gasteiger partial charge in [-0.05, 0) is 18.2 Å². The molecule has 0 bridgehead atoms. The van der Waals surface area contributed by atoms with Crippen LogP contribution in [0.4, 0.5) is 13.2 Å². The van der Waals surface area contributed by atoms with Crippen LogP contribution in [-0.2, 0) is 33.4 Å². The average molecular weight is 588 g/mol. The van der Waals surface area contributed by atoms with E-state index in [1.165, 1.54) is 17.4 Å². The maximum absolute atomic E-state index is 13.1. The number of ether oxygens (including phenoxy) is 2. The number of nitrogens with zero attached hydrogens (tertiary/aromatic N) is 3. The van der Waals surface area contributed by atoms with Crippen molar-refractivity contribution >= 4 is 49.6 Å². The summed E-state index contributed by atoms with van der Waals surface area (Å²) in [6, 6.07) is 3.17. The molecule has 16 heteroatoms. The highest BCUT2D eigenvalue weighted by atomic mass is 32.1. The number of benzene rings is 1. The summed E-state index contributed by atoms with van der Waals surface area (Å²) in [7, 11) is 0. The van der Waals surface area contributed by atoms with Gasteiger partial charge in [0.25, 0.3) is 5.56 Å². The molecule has 5 rings (SSSR count). The van der Waals surface area contributed by atoms with Gasteiger partial charge in [-0.15, -0.1) is 11.3 Å². The van der Waals surface area contributed by atoms with Crippen molar-refractivity contribution in [2.24, 2.45) is 0 Å². The fourth-order valence-corrected chi connectivity index (χ4v) is 5.95. The van der Waals surface area contributed by atoms with Crippen LogP contribution >= 0.6 is 22.7 Å². The molecule has 1 fully saturated rings. The van der Waals surface area contributed by atoms with Gasteiger partial charge in [0.1, 0.15) is 23.3 Å². The molecule has 39 heavy (non-hydrogen) atoms. The zero-order valence-electron chi connectivity index (χ0n) is 19.6. The van der Waals surface area contributed by atoms with Crippen LogP contribution < -0.4 is 5.56 Å². The van der Waals surface area contributed by atoms with Crippen LogP contribution in [0, 0.1) is 0 Å². The average Bonchev–Trinajstić information content (AvgIpc) is 3.53. The van der Waals surface area contributed by atoms with Crippen LogP contribution in [-0.4, -0.2) is 78.5 Å². The fourth-order valence-electron chi connectivity index (χ4n) is 4.19. The van der Waals surface area contributed by atoms with Crippen LogP contribution in [0.2, 0.25) is 0 Å². The molecule has 208 valence electrons. The largest absolute Gasteiger partial charge is 0.456 e. The minimum absolute atomic E-state index is 0.121. The lowest BCUT2D eigenvalue weighted by Crippen LogP contribution is -2.59. The number of thiazole rings is 1. The second kappa shape index (κ2) is 10.5. The SMILES string of the molecule is O=C(Cc1nn(Cc2nc3cc(C(F)(F)F)ccc3s2)c(=O)c2cscc12)O[C@@H]1[C@@H](O)[C@H](O)O[C@H](CO)[C@H]1O. The topological polar surface area (TPSA) is 164 Å². The first-order valence-electron chi connectivity index (χ1n) is 11.4. The number of esters is 1. The third-order valence-electron chi connectivity index (χ3n) is 6.14. The van der Waals surface area contributed by atoms with Gasteiger partial charge < -0.3 is 29.9 Å². The number of halogens is 3. The molecule has 0 radical (unpaired) electrons. The minimum atomic E-state index is -4.53. The number of carbonyl (C=O) groups is 1. The highest BCUT2D eigenvalue weighted by Gasteiger charge is 2.46. The van der Waals surface area contributed by atoms with E-state index in [0.717, 1.165) is 28.2 Å². The fraction of sp³-hybridized carbons (Fsp3) is 0.391. The monoisotopic (exact) mass is 587 g/mol. The number of thiophene rings is 1. The third-order valence-corrected chi connectivity index (χ3v) is 7.91. The number of alkyl halides is 3. The van der Waals surface area contributed by atoms with Crippen LogP contribution in [0.3, 0.4) is 0 Å². The van der Waals surface area contributed by atoms with Gasteiger partial charge in [-0.25, -0.2) is 9.67 Å². The Morgan fingerprint density at radius 3 is 2.62 bits per heavy atom. The van der Waals surface area contributed by atoms with Crippen molar-refractivity contribution in [2.75, 3.05) is 6.61 Å². The van der Waals surface area contributed by atoms with Gasteiger partial charge in [-0.3, -0.25) is 9.59 Å². The number of hydrogen-bond donors (Lipinski definition) is 4. The summed E-state index contributed by atoms with van der Waals surface area (Å²) in [6.07, 6.45) is -13.1. The van der Waals surface area contributed by atoms with E-state index < -0.39 is 67.0 Å². The predicted molar refractivity (Wildman–Crippen MR) is 131 cm³/mol. The lowest BCUT2D eigenvalue weighted by atomic mass is 9.99. The van der Waals surface area contributed by atoms with Gasteiger partial charge in [0, 0.05) is 16.1 Å². The molecule has 4 aromatic rings. The molecule has 5 atom stereocenters. The number of aliphatic hydroxyl groups excluding tert-OH is 4. The number of carbonyl (C=O) groups excluding carboxylic acids is 1. The van der Waals surface area contributed by atoms with Gasteiger partial charge in [-0.2, -0.15) is 29.6 Å². The minimum Gasteiger partial charge on any atom is -0.456 e. The van der Waals surface area contributed by atoms with Gasteiger partial charge in [0.2, 0.25) is 0 Å². The maximum Gasteiger partial charge on any atom is 0.416 e. The van der Waals surface area contributed by atoms with Gasteiger partial charge in [0.15, 0.2) is 12.4 Å². The lowest BCUT2D eigenvalue weighted by molar-refractivity contribution is -0.289. The molecule has 0 spiro atoms. The number of aliphatic hydroxyl groups is 4. The normalized spacial score (nSPS) is 23.9. The maximum atomic E-state index is 13.1. The third kappa shape index (κ3) is 5.41. The van der Waals surface area contributed by atoms with Crippen LogP contribution in [0.25, 0.3) is 21.0 Å². The standard InChI is InChI=1S/C23H20F3N3O8S2/c24-23(25,26)9-1-2-15-13(3-9)27-16(39-15)5-29-21(34)11-8-38-7-10(11)12(28-29)4-17(31)37-20-18(32)14(6-30)36-22(35)19(20)33/h1-3,7-8,14,18-20,22,30,32-33,35H,4-6H2/t14-,18-,19-,20+,22-/m1/s1. The Labute approximate surface area is 224 Å². The summed E-state index contributed by atoms with van der Waals surface area (Å²) >= 11 is 2.28. The second-order valence-corrected chi connectivity index (χ2v) is 10.6.